The van der Waals surface area contributed by atoms with Gasteiger partial charge in [-0.05, 0) is 65.2 Å². The summed E-state index contributed by atoms with van der Waals surface area (Å²) in [4.78, 5) is 13.4. The fraction of sp³-hybridized carbons (Fsp3) is 0.667. The highest BCUT2D eigenvalue weighted by atomic mass is 16.5. The Kier molecular flexibility index (Phi) is 8.55. The number of ether oxygens (including phenoxy) is 1. The second-order valence-corrected chi connectivity index (χ2v) is 8.15. The minimum Gasteiger partial charge on any atom is -0.353 e. The first-order valence-electron chi connectivity index (χ1n) is 9.82. The summed E-state index contributed by atoms with van der Waals surface area (Å²) in [6.45, 7) is 11.3. The fourth-order valence-electron chi connectivity index (χ4n) is 3.44. The molecule has 5 heteroatoms. The van der Waals surface area contributed by atoms with Crippen LogP contribution in [0.1, 0.15) is 45.6 Å². The molecule has 1 amide bonds. The van der Waals surface area contributed by atoms with Gasteiger partial charge in [0.1, 0.15) is 6.23 Å². The Bertz CT molecular complexity index is 516. The van der Waals surface area contributed by atoms with Gasteiger partial charge in [0.25, 0.3) is 0 Å². The molecule has 1 heterocycles. The number of unbranched alkanes of at least 4 members (excludes halogenated alkanes) is 1. The van der Waals surface area contributed by atoms with E-state index in [1.54, 1.807) is 0 Å². The number of carbonyl (C=O) groups excluding carboxylic acids is 1. The van der Waals surface area contributed by atoms with E-state index in [-0.39, 0.29) is 11.8 Å². The molecule has 5 nitrogen and oxygen atoms in total. The zero-order chi connectivity index (χ0) is 18.8. The van der Waals surface area contributed by atoms with Crippen molar-refractivity contribution >= 4 is 6.41 Å². The first-order valence-corrected chi connectivity index (χ1v) is 9.82. The average Bonchev–Trinajstić information content (AvgIpc) is 3.06. The van der Waals surface area contributed by atoms with Crippen LogP contribution in [-0.2, 0) is 16.1 Å². The van der Waals surface area contributed by atoms with E-state index < -0.39 is 0 Å². The highest BCUT2D eigenvalue weighted by Gasteiger charge is 2.32. The molecule has 0 aromatic heterocycles. The molecular weight excluding hydrogens is 326 g/mol. The normalized spacial score (nSPS) is 19.4. The molecule has 1 aromatic carbocycles. The third-order valence-electron chi connectivity index (χ3n) is 4.70. The standard InChI is InChI=1S/C21H35N3O2/c1-21(2,3)26-20(23-17-25)19-11-14-24(16-19)13-8-7-12-22-15-18-9-5-4-6-10-18/h4-6,9-10,17,19-20,22H,7-8,11-16H2,1-3H3,(H,23,25). The lowest BCUT2D eigenvalue weighted by Gasteiger charge is -2.31. The van der Waals surface area contributed by atoms with Crippen LogP contribution in [-0.4, -0.2) is 49.3 Å². The van der Waals surface area contributed by atoms with E-state index in [0.717, 1.165) is 45.6 Å². The van der Waals surface area contributed by atoms with Gasteiger partial charge < -0.3 is 20.3 Å². The maximum Gasteiger partial charge on any atom is 0.209 e. The van der Waals surface area contributed by atoms with E-state index in [0.29, 0.717) is 5.92 Å². The van der Waals surface area contributed by atoms with Crippen molar-refractivity contribution in [3.63, 3.8) is 0 Å². The third kappa shape index (κ3) is 7.85. The lowest BCUT2D eigenvalue weighted by atomic mass is 10.1. The predicted octanol–water partition coefficient (Wildman–Crippen LogP) is 2.77. The Hall–Kier alpha value is -1.43. The van der Waals surface area contributed by atoms with Crippen molar-refractivity contribution in [3.8, 4) is 0 Å². The van der Waals surface area contributed by atoms with E-state index >= 15 is 0 Å². The maximum absolute atomic E-state index is 10.9. The van der Waals surface area contributed by atoms with Gasteiger partial charge >= 0.3 is 0 Å². The molecule has 2 atom stereocenters. The maximum atomic E-state index is 10.9. The van der Waals surface area contributed by atoms with E-state index in [1.807, 2.05) is 20.8 Å². The van der Waals surface area contributed by atoms with Crippen molar-refractivity contribution in [1.29, 1.82) is 0 Å². The zero-order valence-electron chi connectivity index (χ0n) is 16.5. The van der Waals surface area contributed by atoms with Crippen LogP contribution in [0.2, 0.25) is 0 Å². The van der Waals surface area contributed by atoms with E-state index in [2.05, 4.69) is 45.9 Å². The van der Waals surface area contributed by atoms with Crippen LogP contribution in [0.25, 0.3) is 0 Å². The van der Waals surface area contributed by atoms with Gasteiger partial charge in [-0.2, -0.15) is 0 Å². The molecular formula is C21H35N3O2. The smallest absolute Gasteiger partial charge is 0.209 e. The van der Waals surface area contributed by atoms with Crippen LogP contribution in [0.4, 0.5) is 0 Å². The molecule has 0 spiro atoms. The number of benzene rings is 1. The Morgan fingerprint density at radius 1 is 1.27 bits per heavy atom. The monoisotopic (exact) mass is 361 g/mol. The third-order valence-corrected chi connectivity index (χ3v) is 4.70. The number of likely N-dealkylation sites (tertiary alicyclic amines) is 1. The average molecular weight is 362 g/mol. The number of nitrogens with one attached hydrogen (secondary N) is 2. The molecule has 2 unspecified atom stereocenters. The molecule has 2 rings (SSSR count). The van der Waals surface area contributed by atoms with Gasteiger partial charge in [0.15, 0.2) is 0 Å². The second-order valence-electron chi connectivity index (χ2n) is 8.15. The Morgan fingerprint density at radius 3 is 2.73 bits per heavy atom. The topological polar surface area (TPSA) is 53.6 Å². The van der Waals surface area contributed by atoms with Crippen LogP contribution in [0.15, 0.2) is 30.3 Å². The van der Waals surface area contributed by atoms with E-state index in [9.17, 15) is 4.79 Å². The summed E-state index contributed by atoms with van der Waals surface area (Å²) in [6, 6.07) is 10.5. The van der Waals surface area contributed by atoms with Gasteiger partial charge in [0, 0.05) is 19.0 Å². The van der Waals surface area contributed by atoms with Crippen molar-refractivity contribution in [2.45, 2.75) is 58.4 Å². The van der Waals surface area contributed by atoms with E-state index in [1.165, 1.54) is 18.4 Å². The predicted molar refractivity (Wildman–Crippen MR) is 106 cm³/mol. The Balaban J connectivity index is 1.60. The molecule has 0 bridgehead atoms. The molecule has 1 aliphatic rings. The van der Waals surface area contributed by atoms with Crippen LogP contribution in [0.5, 0.6) is 0 Å². The molecule has 26 heavy (non-hydrogen) atoms. The van der Waals surface area contributed by atoms with Crippen molar-refractivity contribution < 1.29 is 9.53 Å². The lowest BCUT2D eigenvalue weighted by molar-refractivity contribution is -0.125. The SMILES string of the molecule is CC(C)(C)OC(NC=O)C1CCN(CCCCNCc2ccccc2)C1. The molecule has 1 fully saturated rings. The Labute approximate surface area is 158 Å². The van der Waals surface area contributed by atoms with Crippen molar-refractivity contribution in [3.05, 3.63) is 35.9 Å². The van der Waals surface area contributed by atoms with Gasteiger partial charge in [0.05, 0.1) is 5.60 Å². The number of nitrogens with zero attached hydrogens (tertiary/aromatic N) is 1. The summed E-state index contributed by atoms with van der Waals surface area (Å²) in [5, 5.41) is 6.37. The summed E-state index contributed by atoms with van der Waals surface area (Å²) in [5.74, 6) is 0.371. The molecule has 146 valence electrons. The van der Waals surface area contributed by atoms with Crippen LogP contribution in [0, 0.1) is 5.92 Å². The molecule has 0 aliphatic carbocycles. The van der Waals surface area contributed by atoms with Gasteiger partial charge in [-0.15, -0.1) is 0 Å². The Morgan fingerprint density at radius 2 is 2.04 bits per heavy atom. The number of hydrogen-bond acceptors (Lipinski definition) is 4. The molecule has 1 aliphatic heterocycles. The van der Waals surface area contributed by atoms with Crippen LogP contribution in [0.3, 0.4) is 0 Å². The molecule has 0 radical (unpaired) electrons. The summed E-state index contributed by atoms with van der Waals surface area (Å²) in [6.07, 6.45) is 4.03. The first kappa shape index (κ1) is 20.9. The van der Waals surface area contributed by atoms with Gasteiger partial charge in [0.2, 0.25) is 6.41 Å². The number of carbonyl (C=O) groups is 1. The van der Waals surface area contributed by atoms with Crippen molar-refractivity contribution in [2.75, 3.05) is 26.2 Å². The highest BCUT2D eigenvalue weighted by Crippen LogP contribution is 2.24. The van der Waals surface area contributed by atoms with E-state index in [4.69, 9.17) is 4.74 Å². The molecule has 2 N–H and O–H groups in total. The van der Waals surface area contributed by atoms with Gasteiger partial charge in [-0.3, -0.25) is 4.79 Å². The summed E-state index contributed by atoms with van der Waals surface area (Å²) >= 11 is 0. The minimum absolute atomic E-state index is 0.190. The van der Waals surface area contributed by atoms with Crippen LogP contribution >= 0.6 is 0 Å². The summed E-state index contributed by atoms with van der Waals surface area (Å²) < 4.78 is 6.03. The quantitative estimate of drug-likeness (QED) is 0.361. The number of rotatable bonds is 11. The number of amides is 1. The first-order chi connectivity index (χ1) is 12.5. The largest absolute Gasteiger partial charge is 0.353 e. The van der Waals surface area contributed by atoms with Gasteiger partial charge in [-0.25, -0.2) is 0 Å². The summed E-state index contributed by atoms with van der Waals surface area (Å²) in [5.41, 5.74) is 1.08. The van der Waals surface area contributed by atoms with Gasteiger partial charge in [-0.1, -0.05) is 30.3 Å². The summed E-state index contributed by atoms with van der Waals surface area (Å²) in [7, 11) is 0. The minimum atomic E-state index is -0.251. The highest BCUT2D eigenvalue weighted by molar-refractivity contribution is 5.46. The molecule has 0 saturated carbocycles. The van der Waals surface area contributed by atoms with Crippen molar-refractivity contribution in [2.24, 2.45) is 5.92 Å². The second kappa shape index (κ2) is 10.7. The molecule has 1 aromatic rings. The van der Waals surface area contributed by atoms with Crippen LogP contribution < -0.4 is 10.6 Å². The zero-order valence-corrected chi connectivity index (χ0v) is 16.5. The molecule has 1 saturated heterocycles. The van der Waals surface area contributed by atoms with Crippen molar-refractivity contribution in [1.82, 2.24) is 15.5 Å². The fourth-order valence-corrected chi connectivity index (χ4v) is 3.44. The lowest BCUT2D eigenvalue weighted by Crippen LogP contribution is -2.43. The number of hydrogen-bond donors (Lipinski definition) is 2.